The Morgan fingerprint density at radius 1 is 1.22 bits per heavy atom. The number of thioether (sulfide) groups is 1. The first-order valence-corrected chi connectivity index (χ1v) is 11.8. The van der Waals surface area contributed by atoms with Gasteiger partial charge in [0.05, 0.1) is 20.1 Å². The molecule has 142 valence electrons. The molecule has 0 saturated heterocycles. The average Bonchev–Trinajstić information content (AvgIpc) is 3.16. The van der Waals surface area contributed by atoms with Gasteiger partial charge >= 0.3 is 0 Å². The van der Waals surface area contributed by atoms with E-state index in [1.54, 1.807) is 17.8 Å². The lowest BCUT2D eigenvalue weighted by Gasteiger charge is -2.18. The van der Waals surface area contributed by atoms with E-state index >= 15 is 0 Å². The maximum absolute atomic E-state index is 12.6. The van der Waals surface area contributed by atoms with Crippen LogP contribution in [-0.2, 0) is 6.54 Å². The van der Waals surface area contributed by atoms with Gasteiger partial charge in [-0.05, 0) is 12.3 Å². The van der Waals surface area contributed by atoms with Crippen molar-refractivity contribution in [3.05, 3.63) is 37.2 Å². The quantitative estimate of drug-likeness (QED) is 0.552. The predicted molar refractivity (Wildman–Crippen MR) is 113 cm³/mol. The van der Waals surface area contributed by atoms with Crippen LogP contribution in [0, 0.1) is 0 Å². The van der Waals surface area contributed by atoms with Crippen LogP contribution in [0.3, 0.4) is 0 Å². The van der Waals surface area contributed by atoms with Crippen molar-refractivity contribution in [3.63, 3.8) is 0 Å². The van der Waals surface area contributed by atoms with Crippen LogP contribution in [0.25, 0.3) is 10.2 Å². The lowest BCUT2D eigenvalue weighted by Crippen LogP contribution is -2.18. The molecule has 1 aliphatic rings. The molecule has 1 amide bonds. The van der Waals surface area contributed by atoms with E-state index in [0.717, 1.165) is 45.4 Å². The fourth-order valence-electron chi connectivity index (χ4n) is 2.72. The zero-order valence-corrected chi connectivity index (χ0v) is 18.1. The number of benzene rings is 1. The number of carbonyl (C=O) groups excluding carboxylic acids is 1. The molecule has 0 unspecified atom stereocenters. The molecule has 0 fully saturated rings. The molecule has 3 heterocycles. The van der Waals surface area contributed by atoms with Crippen LogP contribution >= 0.6 is 57.6 Å². The molecule has 0 bridgehead atoms. The number of hydrogen-bond acceptors (Lipinski definition) is 6. The zero-order chi connectivity index (χ0) is 19.0. The zero-order valence-electron chi connectivity index (χ0n) is 14.2. The molecule has 10 heteroatoms. The predicted octanol–water partition coefficient (Wildman–Crippen LogP) is 4.95. The largest absolute Gasteiger partial charge is 0.486 e. The van der Waals surface area contributed by atoms with Crippen molar-refractivity contribution in [1.82, 2.24) is 4.57 Å². The van der Waals surface area contributed by atoms with Gasteiger partial charge in [0.2, 0.25) is 0 Å². The Bertz CT molecular complexity index is 1090. The number of fused-ring (bicyclic) bond motifs is 2. The van der Waals surface area contributed by atoms with Gasteiger partial charge in [-0.3, -0.25) is 4.79 Å². The summed E-state index contributed by atoms with van der Waals surface area (Å²) in [5.41, 5.74) is 1.30. The van der Waals surface area contributed by atoms with E-state index in [1.807, 2.05) is 23.0 Å². The number of nitrogens with zero attached hydrogens (tertiary/aromatic N) is 2. The van der Waals surface area contributed by atoms with Crippen molar-refractivity contribution in [3.8, 4) is 11.5 Å². The SMILES string of the molecule is CSCCn1c(=NC(=O)c2cc(Cl)sc2Cl)sc2cc3c(cc21)OCCO3. The number of thiazole rings is 1. The van der Waals surface area contributed by atoms with Gasteiger partial charge in [0.15, 0.2) is 16.3 Å². The minimum Gasteiger partial charge on any atom is -0.486 e. The molecule has 0 N–H and O–H groups in total. The van der Waals surface area contributed by atoms with E-state index in [9.17, 15) is 4.79 Å². The van der Waals surface area contributed by atoms with Gasteiger partial charge in [0, 0.05) is 24.4 Å². The molecule has 5 nitrogen and oxygen atoms in total. The second kappa shape index (κ2) is 8.05. The standard InChI is InChI=1S/C17H14Cl2N2O3S3/c1-25-5-2-21-10-7-11-12(24-4-3-23-11)8-13(10)26-17(21)20-16(22)9-6-14(18)27-15(9)19/h6-8H,2-5H2,1H3. The average molecular weight is 461 g/mol. The summed E-state index contributed by atoms with van der Waals surface area (Å²) in [6, 6.07) is 5.46. The molecular formula is C17H14Cl2N2O3S3. The van der Waals surface area contributed by atoms with E-state index in [2.05, 4.69) is 4.99 Å². The summed E-state index contributed by atoms with van der Waals surface area (Å²) in [4.78, 5) is 17.6. The highest BCUT2D eigenvalue weighted by Crippen LogP contribution is 2.36. The maximum atomic E-state index is 12.6. The number of amides is 1. The molecule has 3 aromatic rings. The number of ether oxygens (including phenoxy) is 2. The summed E-state index contributed by atoms with van der Waals surface area (Å²) in [5.74, 6) is 1.93. The summed E-state index contributed by atoms with van der Waals surface area (Å²) >= 11 is 16.4. The molecule has 0 spiro atoms. The number of aromatic nitrogens is 1. The third kappa shape index (κ3) is 3.86. The van der Waals surface area contributed by atoms with Crippen molar-refractivity contribution in [2.24, 2.45) is 4.99 Å². The fourth-order valence-corrected chi connectivity index (χ4v) is 5.60. The minimum absolute atomic E-state index is 0.325. The van der Waals surface area contributed by atoms with Crippen LogP contribution in [0.4, 0.5) is 0 Å². The maximum Gasteiger partial charge on any atom is 0.282 e. The molecule has 0 radical (unpaired) electrons. The first-order valence-electron chi connectivity index (χ1n) is 8.02. The summed E-state index contributed by atoms with van der Waals surface area (Å²) < 4.78 is 15.2. The van der Waals surface area contributed by atoms with Gasteiger partial charge in [-0.1, -0.05) is 34.5 Å². The first kappa shape index (κ1) is 19.1. The van der Waals surface area contributed by atoms with Crippen molar-refractivity contribution in [2.75, 3.05) is 25.2 Å². The summed E-state index contributed by atoms with van der Waals surface area (Å²) in [6.45, 7) is 1.79. The normalized spacial score (nSPS) is 14.1. The van der Waals surface area contributed by atoms with E-state index < -0.39 is 5.91 Å². The lowest BCUT2D eigenvalue weighted by molar-refractivity contribution is 0.0998. The van der Waals surface area contributed by atoms with E-state index in [4.69, 9.17) is 32.7 Å². The highest BCUT2D eigenvalue weighted by molar-refractivity contribution is 7.98. The topological polar surface area (TPSA) is 52.8 Å². The first-order chi connectivity index (χ1) is 13.1. The summed E-state index contributed by atoms with van der Waals surface area (Å²) in [7, 11) is 0. The minimum atomic E-state index is -0.398. The highest BCUT2D eigenvalue weighted by atomic mass is 35.5. The Kier molecular flexibility index (Phi) is 5.70. The molecule has 27 heavy (non-hydrogen) atoms. The van der Waals surface area contributed by atoms with Crippen LogP contribution in [0.1, 0.15) is 10.4 Å². The molecule has 0 aliphatic carbocycles. The molecule has 1 aliphatic heterocycles. The second-order valence-corrected chi connectivity index (χ2v) is 9.93. The Hall–Kier alpha value is -1.19. The molecule has 0 saturated carbocycles. The number of aryl methyl sites for hydroxylation is 1. The van der Waals surface area contributed by atoms with E-state index in [-0.39, 0.29) is 0 Å². The van der Waals surface area contributed by atoms with Crippen LogP contribution in [0.2, 0.25) is 8.67 Å². The fraction of sp³-hybridized carbons (Fsp3) is 0.294. The smallest absolute Gasteiger partial charge is 0.282 e. The van der Waals surface area contributed by atoms with Crippen molar-refractivity contribution in [1.29, 1.82) is 0 Å². The molecule has 4 rings (SSSR count). The molecular weight excluding hydrogens is 447 g/mol. The monoisotopic (exact) mass is 460 g/mol. The number of carbonyl (C=O) groups is 1. The third-order valence-corrected chi connectivity index (χ3v) is 7.07. The molecule has 1 aromatic carbocycles. The van der Waals surface area contributed by atoms with Crippen LogP contribution in [0.5, 0.6) is 11.5 Å². The number of hydrogen-bond donors (Lipinski definition) is 0. The van der Waals surface area contributed by atoms with Crippen LogP contribution in [0.15, 0.2) is 23.2 Å². The molecule has 2 aromatic heterocycles. The van der Waals surface area contributed by atoms with Crippen LogP contribution < -0.4 is 14.3 Å². The van der Waals surface area contributed by atoms with Crippen molar-refractivity contribution < 1.29 is 14.3 Å². The van der Waals surface area contributed by atoms with E-state index in [0.29, 0.717) is 32.3 Å². The Morgan fingerprint density at radius 2 is 1.96 bits per heavy atom. The van der Waals surface area contributed by atoms with Gasteiger partial charge in [-0.2, -0.15) is 16.8 Å². The van der Waals surface area contributed by atoms with Crippen molar-refractivity contribution in [2.45, 2.75) is 6.54 Å². The van der Waals surface area contributed by atoms with E-state index in [1.165, 1.54) is 11.3 Å². The Labute approximate surface area is 177 Å². The Morgan fingerprint density at radius 3 is 2.63 bits per heavy atom. The Balaban J connectivity index is 1.85. The number of thiophene rings is 1. The van der Waals surface area contributed by atoms with Gasteiger partial charge in [-0.15, -0.1) is 11.3 Å². The lowest BCUT2D eigenvalue weighted by atomic mass is 10.2. The van der Waals surface area contributed by atoms with Crippen molar-refractivity contribution >= 4 is 73.8 Å². The summed E-state index contributed by atoms with van der Waals surface area (Å²) in [5, 5.41) is 0. The summed E-state index contributed by atoms with van der Waals surface area (Å²) in [6.07, 6.45) is 2.04. The number of rotatable bonds is 4. The van der Waals surface area contributed by atoms with Gasteiger partial charge < -0.3 is 14.0 Å². The van der Waals surface area contributed by atoms with Gasteiger partial charge in [-0.25, -0.2) is 0 Å². The number of halogens is 2. The highest BCUT2D eigenvalue weighted by Gasteiger charge is 2.18. The second-order valence-electron chi connectivity index (χ2n) is 5.65. The molecule has 0 atom stereocenters. The van der Waals surface area contributed by atoms with Gasteiger partial charge in [0.1, 0.15) is 17.6 Å². The van der Waals surface area contributed by atoms with Gasteiger partial charge in [0.25, 0.3) is 5.91 Å². The third-order valence-electron chi connectivity index (χ3n) is 3.95. The van der Waals surface area contributed by atoms with Crippen LogP contribution in [-0.4, -0.2) is 35.7 Å².